The van der Waals surface area contributed by atoms with Gasteiger partial charge in [0.15, 0.2) is 11.2 Å². The van der Waals surface area contributed by atoms with Crippen molar-refractivity contribution < 1.29 is 14.3 Å². The van der Waals surface area contributed by atoms with Crippen molar-refractivity contribution in [1.82, 2.24) is 9.88 Å². The molecule has 3 N–H and O–H groups in total. The first-order valence-corrected chi connectivity index (χ1v) is 8.87. The fourth-order valence-corrected chi connectivity index (χ4v) is 4.07. The monoisotopic (exact) mass is 338 g/mol. The predicted molar refractivity (Wildman–Crippen MR) is 87.5 cm³/mol. The second kappa shape index (κ2) is 7.27. The van der Waals surface area contributed by atoms with Crippen LogP contribution in [0.25, 0.3) is 0 Å². The summed E-state index contributed by atoms with van der Waals surface area (Å²) in [5.74, 6) is 0.0332. The maximum atomic E-state index is 12.3. The number of rotatable bonds is 3. The molecule has 1 aliphatic carbocycles. The highest BCUT2D eigenvalue weighted by Gasteiger charge is 2.28. The summed E-state index contributed by atoms with van der Waals surface area (Å²) >= 11 is 1.55. The minimum Gasteiger partial charge on any atom is -0.367 e. The first kappa shape index (κ1) is 16.2. The molecule has 3 rings (SSSR count). The molecule has 7 nitrogen and oxygen atoms in total. The first-order chi connectivity index (χ1) is 11.1. The van der Waals surface area contributed by atoms with Crippen LogP contribution in [0, 0.1) is 0 Å². The Kier molecular flexibility index (Phi) is 5.12. The largest absolute Gasteiger partial charge is 0.367 e. The number of morpholine rings is 1. The van der Waals surface area contributed by atoms with Gasteiger partial charge in [-0.3, -0.25) is 10.1 Å². The third-order valence-corrected chi connectivity index (χ3v) is 5.49. The number of hydrogen-bond acceptors (Lipinski definition) is 5. The molecule has 8 heteroatoms. The van der Waals surface area contributed by atoms with Gasteiger partial charge in [0.2, 0.25) is 5.91 Å². The Morgan fingerprint density at radius 3 is 2.87 bits per heavy atom. The Morgan fingerprint density at radius 1 is 1.35 bits per heavy atom. The summed E-state index contributed by atoms with van der Waals surface area (Å²) < 4.78 is 5.24. The molecule has 0 aromatic carbocycles. The normalized spacial score (nSPS) is 22.8. The third kappa shape index (κ3) is 4.00. The molecular weight excluding hydrogens is 316 g/mol. The Bertz CT molecular complexity index is 571. The molecule has 1 aromatic heterocycles. The fourth-order valence-electron chi connectivity index (χ4n) is 3.10. The van der Waals surface area contributed by atoms with Gasteiger partial charge in [-0.2, -0.15) is 0 Å². The molecule has 2 heterocycles. The van der Waals surface area contributed by atoms with Crippen LogP contribution >= 0.6 is 11.3 Å². The molecule has 23 heavy (non-hydrogen) atoms. The van der Waals surface area contributed by atoms with Crippen LogP contribution in [0.1, 0.15) is 42.9 Å². The van der Waals surface area contributed by atoms with Crippen molar-refractivity contribution in [3.05, 3.63) is 11.1 Å². The summed E-state index contributed by atoms with van der Waals surface area (Å²) in [6.45, 7) is 0.935. The molecule has 0 radical (unpaired) electrons. The van der Waals surface area contributed by atoms with Gasteiger partial charge in [0.1, 0.15) is 0 Å². The third-order valence-electron chi connectivity index (χ3n) is 4.42. The van der Waals surface area contributed by atoms with E-state index < -0.39 is 12.0 Å². The molecule has 1 saturated heterocycles. The number of primary amides is 1. The van der Waals surface area contributed by atoms with Crippen LogP contribution in [-0.4, -0.2) is 47.6 Å². The van der Waals surface area contributed by atoms with E-state index in [9.17, 15) is 9.59 Å². The molecule has 126 valence electrons. The zero-order valence-electron chi connectivity index (χ0n) is 13.0. The van der Waals surface area contributed by atoms with Gasteiger partial charge in [-0.25, -0.2) is 9.78 Å². The van der Waals surface area contributed by atoms with Gasteiger partial charge >= 0.3 is 6.03 Å². The number of nitrogens with two attached hydrogens (primary N) is 1. The fraction of sp³-hybridized carbons (Fsp3) is 0.667. The highest BCUT2D eigenvalue weighted by molar-refractivity contribution is 7.15. The lowest BCUT2D eigenvalue weighted by atomic mass is 9.89. The van der Waals surface area contributed by atoms with Gasteiger partial charge < -0.3 is 15.4 Å². The highest BCUT2D eigenvalue weighted by atomic mass is 32.1. The van der Waals surface area contributed by atoms with E-state index in [2.05, 4.69) is 10.3 Å². The summed E-state index contributed by atoms with van der Waals surface area (Å²) in [5, 5.41) is 3.43. The molecule has 0 bridgehead atoms. The van der Waals surface area contributed by atoms with Gasteiger partial charge in [-0.05, 0) is 18.8 Å². The van der Waals surface area contributed by atoms with Gasteiger partial charge in [0, 0.05) is 17.6 Å². The molecule has 2 fully saturated rings. The van der Waals surface area contributed by atoms with Gasteiger partial charge in [-0.1, -0.05) is 19.3 Å². The van der Waals surface area contributed by atoms with E-state index in [0.29, 0.717) is 24.2 Å². The molecule has 2 aliphatic rings. The van der Waals surface area contributed by atoms with Gasteiger partial charge in [-0.15, -0.1) is 11.3 Å². The average molecular weight is 338 g/mol. The number of thiazole rings is 1. The molecule has 1 atom stereocenters. The highest BCUT2D eigenvalue weighted by Crippen LogP contribution is 2.36. The molecular formula is C15H22N4O3S. The number of carbonyl (C=O) groups excluding carboxylic acids is 2. The Labute approximate surface area is 139 Å². The lowest BCUT2D eigenvalue weighted by Crippen LogP contribution is -2.51. The quantitative estimate of drug-likeness (QED) is 0.879. The van der Waals surface area contributed by atoms with Crippen LogP contribution in [0.4, 0.5) is 9.93 Å². The Balaban J connectivity index is 1.57. The van der Waals surface area contributed by atoms with Gasteiger partial charge in [0.05, 0.1) is 13.2 Å². The molecule has 3 amide bonds. The number of aromatic nitrogens is 1. The number of carbonyl (C=O) groups is 2. The SMILES string of the molecule is NC(=O)[C@H]1CN(C(=O)Nc2ncc(C3CCCCC3)s2)CCO1. The first-order valence-electron chi connectivity index (χ1n) is 8.06. The standard InChI is InChI=1S/C15H22N4O3S/c16-13(20)11-9-19(6-7-22-11)15(21)18-14-17-8-12(23-14)10-4-2-1-3-5-10/h8,10-11H,1-7,9H2,(H2,16,20)(H,17,18,21)/t11-/m1/s1. The summed E-state index contributed by atoms with van der Waals surface area (Å²) in [5.41, 5.74) is 5.24. The molecule has 0 unspecified atom stereocenters. The van der Waals surface area contributed by atoms with Crippen LogP contribution < -0.4 is 11.1 Å². The van der Waals surface area contributed by atoms with E-state index in [1.54, 1.807) is 16.2 Å². The van der Waals surface area contributed by atoms with Crippen molar-refractivity contribution in [1.29, 1.82) is 0 Å². The number of hydrogen-bond donors (Lipinski definition) is 2. The smallest absolute Gasteiger partial charge is 0.323 e. The van der Waals surface area contributed by atoms with E-state index in [4.69, 9.17) is 10.5 Å². The van der Waals surface area contributed by atoms with Crippen molar-refractivity contribution in [2.45, 2.75) is 44.1 Å². The van der Waals surface area contributed by atoms with E-state index in [-0.39, 0.29) is 12.6 Å². The molecule has 1 aliphatic heterocycles. The zero-order valence-corrected chi connectivity index (χ0v) is 13.8. The molecule has 1 saturated carbocycles. The number of nitrogens with zero attached hydrogens (tertiary/aromatic N) is 2. The number of amides is 3. The van der Waals surface area contributed by atoms with E-state index >= 15 is 0 Å². The summed E-state index contributed by atoms with van der Waals surface area (Å²) in [6, 6.07) is -0.260. The van der Waals surface area contributed by atoms with Crippen molar-refractivity contribution >= 4 is 28.4 Å². The van der Waals surface area contributed by atoms with Crippen molar-refractivity contribution in [2.24, 2.45) is 5.73 Å². The minimum atomic E-state index is -0.733. The minimum absolute atomic E-state index is 0.183. The topological polar surface area (TPSA) is 97.6 Å². The lowest BCUT2D eigenvalue weighted by molar-refractivity contribution is -0.133. The van der Waals surface area contributed by atoms with Crippen LogP contribution in [0.15, 0.2) is 6.20 Å². The second-order valence-electron chi connectivity index (χ2n) is 6.04. The van der Waals surface area contributed by atoms with E-state index in [0.717, 1.165) is 0 Å². The number of anilines is 1. The Hall–Kier alpha value is -1.67. The summed E-state index contributed by atoms with van der Waals surface area (Å²) in [7, 11) is 0. The lowest BCUT2D eigenvalue weighted by Gasteiger charge is -2.31. The van der Waals surface area contributed by atoms with Crippen molar-refractivity contribution in [3.8, 4) is 0 Å². The zero-order chi connectivity index (χ0) is 16.2. The maximum absolute atomic E-state index is 12.3. The Morgan fingerprint density at radius 2 is 2.13 bits per heavy atom. The second-order valence-corrected chi connectivity index (χ2v) is 7.10. The van der Waals surface area contributed by atoms with Crippen LogP contribution in [0.3, 0.4) is 0 Å². The van der Waals surface area contributed by atoms with E-state index in [1.165, 1.54) is 37.0 Å². The van der Waals surface area contributed by atoms with Crippen LogP contribution in [-0.2, 0) is 9.53 Å². The van der Waals surface area contributed by atoms with Gasteiger partial charge in [0.25, 0.3) is 0 Å². The number of urea groups is 1. The van der Waals surface area contributed by atoms with Crippen molar-refractivity contribution in [3.63, 3.8) is 0 Å². The number of nitrogens with one attached hydrogen (secondary N) is 1. The average Bonchev–Trinajstić information content (AvgIpc) is 3.04. The summed E-state index contributed by atoms with van der Waals surface area (Å²) in [6.07, 6.45) is 7.42. The maximum Gasteiger partial charge on any atom is 0.323 e. The van der Waals surface area contributed by atoms with E-state index in [1.807, 2.05) is 6.20 Å². The van der Waals surface area contributed by atoms with Crippen LogP contribution in [0.5, 0.6) is 0 Å². The van der Waals surface area contributed by atoms with Crippen LogP contribution in [0.2, 0.25) is 0 Å². The summed E-state index contributed by atoms with van der Waals surface area (Å²) in [4.78, 5) is 30.6. The van der Waals surface area contributed by atoms with Crippen molar-refractivity contribution in [2.75, 3.05) is 25.0 Å². The predicted octanol–water partition coefficient (Wildman–Crippen LogP) is 1.91. The number of ether oxygens (including phenoxy) is 1. The molecule has 1 aromatic rings. The molecule has 0 spiro atoms.